The average molecular weight is 392 g/mol. The van der Waals surface area contributed by atoms with E-state index in [0.29, 0.717) is 50.0 Å². The number of hydrogen-bond donors (Lipinski definition) is 1. The summed E-state index contributed by atoms with van der Waals surface area (Å²) in [7, 11) is 3.03. The first-order chi connectivity index (χ1) is 13.5. The highest BCUT2D eigenvalue weighted by molar-refractivity contribution is 6.22. The van der Waals surface area contributed by atoms with Crippen LogP contribution in [0.4, 0.5) is 10.5 Å². The molecule has 2 aliphatic heterocycles. The van der Waals surface area contributed by atoms with Crippen molar-refractivity contribution in [1.82, 2.24) is 4.90 Å². The van der Waals surface area contributed by atoms with Gasteiger partial charge in [0.2, 0.25) is 5.91 Å². The number of anilines is 1. The molecule has 2 heterocycles. The summed E-state index contributed by atoms with van der Waals surface area (Å²) in [6.45, 7) is 4.31. The minimum Gasteiger partial charge on any atom is -0.493 e. The van der Waals surface area contributed by atoms with Crippen molar-refractivity contribution >= 4 is 23.6 Å². The fraction of sp³-hybridized carbons (Fsp3) is 0.526. The van der Waals surface area contributed by atoms with Crippen molar-refractivity contribution in [3.8, 4) is 11.5 Å². The molecule has 3 amide bonds. The van der Waals surface area contributed by atoms with Crippen LogP contribution in [-0.2, 0) is 14.3 Å². The number of quaternary nitrogens is 1. The van der Waals surface area contributed by atoms with Crippen LogP contribution in [0.5, 0.6) is 11.5 Å². The highest BCUT2D eigenvalue weighted by Crippen LogP contribution is 2.33. The normalized spacial score (nSPS) is 20.5. The summed E-state index contributed by atoms with van der Waals surface area (Å²) in [5, 5.41) is 0. The molecule has 1 aromatic carbocycles. The van der Waals surface area contributed by atoms with Crippen LogP contribution in [0.25, 0.3) is 0 Å². The van der Waals surface area contributed by atoms with Gasteiger partial charge in [0.25, 0.3) is 5.91 Å². The number of hydrogen-bond acceptors (Lipinski definition) is 6. The number of nitrogens with one attached hydrogen (secondary N) is 1. The molecule has 9 heteroatoms. The zero-order valence-electron chi connectivity index (χ0n) is 16.4. The third-order valence-corrected chi connectivity index (χ3v) is 5.20. The molecular formula is C19H26N3O6+. The molecule has 3 rings (SSSR count). The maximum absolute atomic E-state index is 13.0. The van der Waals surface area contributed by atoms with Gasteiger partial charge in [-0.2, -0.15) is 0 Å². The third kappa shape index (κ3) is 3.75. The van der Waals surface area contributed by atoms with Crippen LogP contribution in [0.15, 0.2) is 18.2 Å². The summed E-state index contributed by atoms with van der Waals surface area (Å²) < 4.78 is 15.5. The van der Waals surface area contributed by atoms with Gasteiger partial charge in [0.05, 0.1) is 59.1 Å². The number of methoxy groups -OCH3 is 2. The van der Waals surface area contributed by atoms with Crippen molar-refractivity contribution in [1.29, 1.82) is 0 Å². The lowest BCUT2D eigenvalue weighted by Crippen LogP contribution is -3.19. The summed E-state index contributed by atoms with van der Waals surface area (Å²) in [5.74, 6) is 0.529. The predicted octanol–water partition coefficient (Wildman–Crippen LogP) is -0.307. The van der Waals surface area contributed by atoms with Crippen LogP contribution in [0.1, 0.15) is 13.3 Å². The highest BCUT2D eigenvalue weighted by Gasteiger charge is 2.46. The molecule has 0 aromatic heterocycles. The van der Waals surface area contributed by atoms with E-state index in [4.69, 9.17) is 14.2 Å². The van der Waals surface area contributed by atoms with Gasteiger partial charge in [-0.1, -0.05) is 0 Å². The molecule has 2 saturated heterocycles. The minimum atomic E-state index is -0.440. The molecule has 0 radical (unpaired) electrons. The van der Waals surface area contributed by atoms with E-state index < -0.39 is 6.04 Å². The van der Waals surface area contributed by atoms with Crippen molar-refractivity contribution in [2.24, 2.45) is 0 Å². The van der Waals surface area contributed by atoms with E-state index in [2.05, 4.69) is 0 Å². The first-order valence-corrected chi connectivity index (χ1v) is 9.35. The molecule has 0 bridgehead atoms. The lowest BCUT2D eigenvalue weighted by molar-refractivity contribution is -0.918. The van der Waals surface area contributed by atoms with Crippen molar-refractivity contribution in [2.45, 2.75) is 19.4 Å². The zero-order valence-corrected chi connectivity index (χ0v) is 16.4. The van der Waals surface area contributed by atoms with Gasteiger partial charge < -0.3 is 19.1 Å². The van der Waals surface area contributed by atoms with Crippen LogP contribution in [0, 0.1) is 0 Å². The number of ether oxygens (including phenoxy) is 3. The van der Waals surface area contributed by atoms with Crippen molar-refractivity contribution < 1.29 is 33.5 Å². The number of carbonyl (C=O) groups is 3. The van der Waals surface area contributed by atoms with Gasteiger partial charge in [-0.25, -0.2) is 9.69 Å². The van der Waals surface area contributed by atoms with Crippen LogP contribution >= 0.6 is 0 Å². The van der Waals surface area contributed by atoms with Gasteiger partial charge in [-0.15, -0.1) is 0 Å². The Kier molecular flexibility index (Phi) is 6.03. The molecule has 0 unspecified atom stereocenters. The Morgan fingerprint density at radius 3 is 2.43 bits per heavy atom. The van der Waals surface area contributed by atoms with Gasteiger partial charge in [0.1, 0.15) is 0 Å². The molecule has 152 valence electrons. The van der Waals surface area contributed by atoms with E-state index in [1.165, 1.54) is 19.1 Å². The molecule has 9 nitrogen and oxygen atoms in total. The summed E-state index contributed by atoms with van der Waals surface area (Å²) >= 11 is 0. The number of nitrogens with zero attached hydrogens (tertiary/aromatic N) is 2. The fourth-order valence-corrected chi connectivity index (χ4v) is 3.73. The number of benzene rings is 1. The SMILES string of the molecule is CCOC(=O)N1CC[NH+]([C@H]2CC(=O)N(c3ccc(OC)c(OC)c3)C2=O)CC1. The van der Waals surface area contributed by atoms with Crippen molar-refractivity contribution in [2.75, 3.05) is 51.9 Å². The van der Waals surface area contributed by atoms with Gasteiger partial charge in [-0.05, 0) is 19.1 Å². The molecule has 2 fully saturated rings. The average Bonchev–Trinajstić information content (AvgIpc) is 3.01. The van der Waals surface area contributed by atoms with Gasteiger partial charge in [0, 0.05) is 6.07 Å². The number of rotatable bonds is 5. The monoisotopic (exact) mass is 392 g/mol. The van der Waals surface area contributed by atoms with E-state index in [0.717, 1.165) is 4.90 Å². The summed E-state index contributed by atoms with van der Waals surface area (Å²) in [4.78, 5) is 41.3. The molecule has 1 aromatic rings. The molecule has 1 N–H and O–H groups in total. The highest BCUT2D eigenvalue weighted by atomic mass is 16.6. The second kappa shape index (κ2) is 8.47. The molecule has 0 aliphatic carbocycles. The quantitative estimate of drug-likeness (QED) is 0.692. The Hall–Kier alpha value is -2.81. The van der Waals surface area contributed by atoms with E-state index in [1.54, 1.807) is 30.0 Å². The van der Waals surface area contributed by atoms with Crippen LogP contribution < -0.4 is 19.3 Å². The summed E-state index contributed by atoms with van der Waals surface area (Å²) in [5.41, 5.74) is 0.472. The molecule has 28 heavy (non-hydrogen) atoms. The Balaban J connectivity index is 1.70. The largest absolute Gasteiger partial charge is 0.493 e. The maximum Gasteiger partial charge on any atom is 0.410 e. The Labute approximate surface area is 163 Å². The molecular weight excluding hydrogens is 366 g/mol. The number of carbonyl (C=O) groups excluding carboxylic acids is 3. The fourth-order valence-electron chi connectivity index (χ4n) is 3.73. The number of amides is 3. The van der Waals surface area contributed by atoms with Crippen molar-refractivity contribution in [3.05, 3.63) is 18.2 Å². The molecule has 1 atom stereocenters. The summed E-state index contributed by atoms with van der Waals surface area (Å²) in [6, 6.07) is 4.54. The smallest absolute Gasteiger partial charge is 0.410 e. The molecule has 0 spiro atoms. The maximum atomic E-state index is 13.0. The van der Waals surface area contributed by atoms with Crippen molar-refractivity contribution in [3.63, 3.8) is 0 Å². The first-order valence-electron chi connectivity index (χ1n) is 9.35. The minimum absolute atomic E-state index is 0.155. The molecule has 2 aliphatic rings. The van der Waals surface area contributed by atoms with E-state index >= 15 is 0 Å². The lowest BCUT2D eigenvalue weighted by atomic mass is 10.2. The van der Waals surface area contributed by atoms with E-state index in [-0.39, 0.29) is 24.3 Å². The second-order valence-corrected chi connectivity index (χ2v) is 6.71. The van der Waals surface area contributed by atoms with E-state index in [9.17, 15) is 14.4 Å². The summed E-state index contributed by atoms with van der Waals surface area (Å²) in [6.07, 6.45) is -0.176. The predicted molar refractivity (Wildman–Crippen MR) is 99.7 cm³/mol. The lowest BCUT2D eigenvalue weighted by Gasteiger charge is -2.33. The number of imide groups is 1. The Bertz CT molecular complexity index is 760. The zero-order chi connectivity index (χ0) is 20.3. The topological polar surface area (TPSA) is 89.8 Å². The Morgan fingerprint density at radius 2 is 1.82 bits per heavy atom. The third-order valence-electron chi connectivity index (χ3n) is 5.20. The number of piperazine rings is 1. The van der Waals surface area contributed by atoms with Crippen LogP contribution in [0.3, 0.4) is 0 Å². The van der Waals surface area contributed by atoms with Crippen LogP contribution in [0.2, 0.25) is 0 Å². The van der Waals surface area contributed by atoms with Crippen LogP contribution in [-0.4, -0.2) is 75.9 Å². The van der Waals surface area contributed by atoms with Gasteiger partial charge in [0.15, 0.2) is 17.5 Å². The first kappa shape index (κ1) is 19.9. The van der Waals surface area contributed by atoms with Gasteiger partial charge in [-0.3, -0.25) is 14.5 Å². The standard InChI is InChI=1S/C19H25N3O6/c1-4-28-19(25)21-9-7-20(8-10-21)14-12-17(23)22(18(14)24)13-5-6-15(26-2)16(11-13)27-3/h5-6,11,14H,4,7-10,12H2,1-3H3/p+1/t14-/m0/s1. The van der Waals surface area contributed by atoms with E-state index in [1.807, 2.05) is 0 Å². The molecule has 0 saturated carbocycles. The second-order valence-electron chi connectivity index (χ2n) is 6.71. The van der Waals surface area contributed by atoms with Gasteiger partial charge >= 0.3 is 6.09 Å². The Morgan fingerprint density at radius 1 is 1.14 bits per heavy atom.